The van der Waals surface area contributed by atoms with Crippen LogP contribution in [0.1, 0.15) is 83.5 Å². The van der Waals surface area contributed by atoms with Crippen molar-refractivity contribution in [2.75, 3.05) is 57.0 Å². The van der Waals surface area contributed by atoms with Crippen molar-refractivity contribution < 1.29 is 4.79 Å². The Hall–Kier alpha value is -1.93. The highest BCUT2D eigenvalue weighted by molar-refractivity contribution is 5.76. The summed E-state index contributed by atoms with van der Waals surface area (Å²) in [5, 5.41) is 6.90. The molecule has 1 aromatic heterocycles. The second kappa shape index (κ2) is 14.1. The predicted octanol–water partition coefficient (Wildman–Crippen LogP) is 3.89. The lowest BCUT2D eigenvalue weighted by Gasteiger charge is -2.46. The molecule has 3 aliphatic rings. The topological polar surface area (TPSA) is 76.6 Å². The van der Waals surface area contributed by atoms with E-state index in [0.29, 0.717) is 18.4 Å². The van der Waals surface area contributed by atoms with Crippen LogP contribution >= 0.6 is 0 Å². The van der Waals surface area contributed by atoms with Crippen molar-refractivity contribution in [3.63, 3.8) is 0 Å². The van der Waals surface area contributed by atoms with Crippen molar-refractivity contribution in [2.45, 2.75) is 102 Å². The van der Waals surface area contributed by atoms with E-state index in [1.54, 1.807) is 0 Å². The molecule has 2 aliphatic heterocycles. The van der Waals surface area contributed by atoms with Gasteiger partial charge in [0.25, 0.3) is 0 Å². The molecule has 3 heterocycles. The van der Waals surface area contributed by atoms with Crippen molar-refractivity contribution in [1.29, 1.82) is 0 Å². The van der Waals surface area contributed by atoms with E-state index in [4.69, 9.17) is 4.98 Å². The summed E-state index contributed by atoms with van der Waals surface area (Å²) >= 11 is 0. The van der Waals surface area contributed by atoms with Crippen LogP contribution in [0.5, 0.6) is 0 Å². The smallest absolute Gasteiger partial charge is 0.224 e. The van der Waals surface area contributed by atoms with Gasteiger partial charge >= 0.3 is 0 Å². The van der Waals surface area contributed by atoms with Crippen LogP contribution in [-0.2, 0) is 4.79 Å². The largest absolute Gasteiger partial charge is 0.356 e. The molecule has 4 rings (SSSR count). The molecule has 0 aromatic carbocycles. The van der Waals surface area contributed by atoms with Crippen molar-refractivity contribution in [3.8, 4) is 0 Å². The second-order valence-electron chi connectivity index (χ2n) is 11.3. The van der Waals surface area contributed by atoms with Crippen LogP contribution < -0.4 is 15.5 Å². The number of nitrogens with one attached hydrogen (secondary N) is 2. The predicted molar refractivity (Wildman–Crippen MR) is 148 cm³/mol. The molecule has 1 amide bonds. The van der Waals surface area contributed by atoms with Gasteiger partial charge in [0.15, 0.2) is 0 Å². The van der Waals surface area contributed by atoms with E-state index in [-0.39, 0.29) is 18.0 Å². The van der Waals surface area contributed by atoms with Gasteiger partial charge in [0.1, 0.15) is 5.82 Å². The highest BCUT2D eigenvalue weighted by Gasteiger charge is 2.37. The molecule has 202 valence electrons. The van der Waals surface area contributed by atoms with E-state index in [2.05, 4.69) is 44.4 Å². The van der Waals surface area contributed by atoms with E-state index in [1.165, 1.54) is 57.8 Å². The summed E-state index contributed by atoms with van der Waals surface area (Å²) in [5.74, 6) is 1.92. The zero-order valence-corrected chi connectivity index (χ0v) is 22.8. The monoisotopic (exact) mass is 499 g/mol. The fourth-order valence-electron chi connectivity index (χ4n) is 6.32. The molecule has 3 fully saturated rings. The van der Waals surface area contributed by atoms with E-state index < -0.39 is 0 Å². The van der Waals surface area contributed by atoms with Crippen LogP contribution in [-0.4, -0.2) is 90.6 Å². The van der Waals surface area contributed by atoms with Gasteiger partial charge < -0.3 is 20.4 Å². The van der Waals surface area contributed by atoms with Crippen LogP contribution in [0.4, 0.5) is 11.8 Å². The number of carbonyl (C=O) groups is 1. The summed E-state index contributed by atoms with van der Waals surface area (Å²) < 4.78 is 0. The third kappa shape index (κ3) is 8.04. The SMILES string of the molecule is CN(C)CCCNC(=O)C[C@@H]1[C@@H](Nc2nccc(N3CCCCCC3)n2)CCCN1C1CCCCC1. The van der Waals surface area contributed by atoms with E-state index in [1.807, 2.05) is 12.3 Å². The minimum absolute atomic E-state index is 0.174. The number of rotatable bonds is 10. The van der Waals surface area contributed by atoms with Gasteiger partial charge in [-0.3, -0.25) is 9.69 Å². The maximum atomic E-state index is 13.1. The molecule has 0 radical (unpaired) electrons. The lowest BCUT2D eigenvalue weighted by Crippen LogP contribution is -2.57. The molecule has 2 saturated heterocycles. The Morgan fingerprint density at radius 1 is 1.00 bits per heavy atom. The number of hydrogen-bond donors (Lipinski definition) is 2. The van der Waals surface area contributed by atoms with Crippen molar-refractivity contribution in [1.82, 2.24) is 25.1 Å². The molecule has 1 aliphatic carbocycles. The number of carbonyl (C=O) groups excluding carboxylic acids is 1. The zero-order valence-electron chi connectivity index (χ0n) is 22.8. The van der Waals surface area contributed by atoms with Gasteiger partial charge in [-0.05, 0) is 78.2 Å². The summed E-state index contributed by atoms with van der Waals surface area (Å²) in [6.07, 6.45) is 17.2. The third-order valence-corrected chi connectivity index (χ3v) is 8.25. The average molecular weight is 500 g/mol. The first-order chi connectivity index (χ1) is 17.6. The van der Waals surface area contributed by atoms with E-state index >= 15 is 0 Å². The van der Waals surface area contributed by atoms with Crippen LogP contribution in [0.2, 0.25) is 0 Å². The van der Waals surface area contributed by atoms with Crippen LogP contribution in [0.3, 0.4) is 0 Å². The van der Waals surface area contributed by atoms with Crippen LogP contribution in [0.25, 0.3) is 0 Å². The molecular formula is C28H49N7O. The second-order valence-corrected chi connectivity index (χ2v) is 11.3. The first kappa shape index (κ1) is 27.1. The van der Waals surface area contributed by atoms with Crippen molar-refractivity contribution in [2.24, 2.45) is 0 Å². The minimum atomic E-state index is 0.174. The zero-order chi connectivity index (χ0) is 25.2. The van der Waals surface area contributed by atoms with Gasteiger partial charge in [-0.15, -0.1) is 0 Å². The maximum Gasteiger partial charge on any atom is 0.224 e. The van der Waals surface area contributed by atoms with E-state index in [0.717, 1.165) is 57.8 Å². The molecule has 36 heavy (non-hydrogen) atoms. The summed E-state index contributed by atoms with van der Waals surface area (Å²) in [4.78, 5) is 29.8. The number of aromatic nitrogens is 2. The molecular weight excluding hydrogens is 450 g/mol. The Balaban J connectivity index is 1.44. The van der Waals surface area contributed by atoms with Crippen LogP contribution in [0, 0.1) is 0 Å². The van der Waals surface area contributed by atoms with Gasteiger partial charge in [0, 0.05) is 50.4 Å². The Bertz CT molecular complexity index is 790. The number of likely N-dealkylation sites (tertiary alicyclic amines) is 1. The van der Waals surface area contributed by atoms with Crippen molar-refractivity contribution >= 4 is 17.7 Å². The first-order valence-corrected chi connectivity index (χ1v) is 14.6. The molecule has 2 N–H and O–H groups in total. The third-order valence-electron chi connectivity index (χ3n) is 8.25. The van der Waals surface area contributed by atoms with Gasteiger partial charge in [0.2, 0.25) is 11.9 Å². The molecule has 2 atom stereocenters. The summed E-state index contributed by atoms with van der Waals surface area (Å²) in [5.41, 5.74) is 0. The number of anilines is 2. The highest BCUT2D eigenvalue weighted by atomic mass is 16.1. The Labute approximate surface area is 218 Å². The number of nitrogens with zero attached hydrogens (tertiary/aromatic N) is 5. The standard InChI is InChI=1S/C28H49N7O/c1-33(2)18-11-16-29-27(36)22-25-24(14-10-21-35(25)23-12-6-5-7-13-23)31-28-30-17-15-26(32-28)34-19-8-3-4-9-20-34/h15,17,23-25H,3-14,16,18-22H2,1-2H3,(H,29,36)(H,30,31,32)/t24-,25+/m0/s1. The molecule has 1 saturated carbocycles. The molecule has 0 spiro atoms. The fraction of sp³-hybridized carbons (Fsp3) is 0.821. The first-order valence-electron chi connectivity index (χ1n) is 14.6. The lowest BCUT2D eigenvalue weighted by molar-refractivity contribution is -0.123. The maximum absolute atomic E-state index is 13.1. The van der Waals surface area contributed by atoms with Gasteiger partial charge in [0.05, 0.1) is 0 Å². The number of hydrogen-bond acceptors (Lipinski definition) is 7. The molecule has 8 nitrogen and oxygen atoms in total. The van der Waals surface area contributed by atoms with Crippen LogP contribution in [0.15, 0.2) is 12.3 Å². The van der Waals surface area contributed by atoms with Gasteiger partial charge in [-0.1, -0.05) is 32.1 Å². The van der Waals surface area contributed by atoms with E-state index in [9.17, 15) is 4.79 Å². The normalized spacial score (nSPS) is 24.5. The summed E-state index contributed by atoms with van der Waals surface area (Å²) in [6.45, 7) is 4.98. The van der Waals surface area contributed by atoms with Gasteiger partial charge in [-0.25, -0.2) is 4.98 Å². The summed E-state index contributed by atoms with van der Waals surface area (Å²) in [7, 11) is 4.15. The number of amides is 1. The Morgan fingerprint density at radius 2 is 1.75 bits per heavy atom. The Morgan fingerprint density at radius 3 is 2.50 bits per heavy atom. The fourth-order valence-corrected chi connectivity index (χ4v) is 6.32. The summed E-state index contributed by atoms with van der Waals surface area (Å²) in [6, 6.07) is 3.01. The minimum Gasteiger partial charge on any atom is -0.356 e. The van der Waals surface area contributed by atoms with Crippen molar-refractivity contribution in [3.05, 3.63) is 12.3 Å². The molecule has 0 bridgehead atoms. The molecule has 0 unspecified atom stereocenters. The molecule has 1 aromatic rings. The Kier molecular flexibility index (Phi) is 10.6. The average Bonchev–Trinajstić information content (AvgIpc) is 3.18. The highest BCUT2D eigenvalue weighted by Crippen LogP contribution is 2.31. The number of piperidine rings is 1. The van der Waals surface area contributed by atoms with Gasteiger partial charge in [-0.2, -0.15) is 4.98 Å². The quantitative estimate of drug-likeness (QED) is 0.473. The molecule has 8 heteroatoms. The lowest BCUT2D eigenvalue weighted by atomic mass is 9.87.